The number of piperazine rings is 1. The van der Waals surface area contributed by atoms with Gasteiger partial charge in [-0.2, -0.15) is 0 Å². The van der Waals surface area contributed by atoms with Crippen LogP contribution in [0.2, 0.25) is 0 Å². The monoisotopic (exact) mass is 368 g/mol. The minimum Gasteiger partial charge on any atom is -0.298 e. The molecule has 0 amide bonds. The molecule has 6 nitrogen and oxygen atoms in total. The van der Waals surface area contributed by atoms with Crippen LogP contribution in [0.5, 0.6) is 0 Å². The summed E-state index contributed by atoms with van der Waals surface area (Å²) in [7, 11) is 0. The van der Waals surface area contributed by atoms with Crippen LogP contribution < -0.4 is 0 Å². The third-order valence-corrected chi connectivity index (χ3v) is 6.50. The number of nitrogens with zero attached hydrogens (tertiary/aromatic N) is 6. The zero-order valence-electron chi connectivity index (χ0n) is 15.5. The van der Waals surface area contributed by atoms with Crippen molar-refractivity contribution in [3.05, 3.63) is 5.82 Å². The minimum atomic E-state index is 0. The molecular formula is C18H33ClN6. The average molecular weight is 369 g/mol. The molecule has 7 heteroatoms. The Morgan fingerprint density at radius 3 is 2.12 bits per heavy atom. The van der Waals surface area contributed by atoms with E-state index >= 15 is 0 Å². The molecular weight excluding hydrogens is 336 g/mol. The lowest BCUT2D eigenvalue weighted by atomic mass is 10.1. The van der Waals surface area contributed by atoms with Crippen molar-refractivity contribution in [2.45, 2.75) is 82.8 Å². The van der Waals surface area contributed by atoms with Crippen LogP contribution >= 0.6 is 12.4 Å². The number of rotatable bonds is 5. The summed E-state index contributed by atoms with van der Waals surface area (Å²) >= 11 is 0. The Labute approximate surface area is 157 Å². The fourth-order valence-corrected chi connectivity index (χ4v) is 5.12. The van der Waals surface area contributed by atoms with E-state index in [9.17, 15) is 0 Å². The Bertz CT molecular complexity index is 515. The highest BCUT2D eigenvalue weighted by molar-refractivity contribution is 5.85. The maximum Gasteiger partial charge on any atom is 0.168 e. The first-order valence-electron chi connectivity index (χ1n) is 10.1. The normalized spacial score (nSPS) is 25.3. The van der Waals surface area contributed by atoms with Gasteiger partial charge in [0.25, 0.3) is 0 Å². The second-order valence-corrected chi connectivity index (χ2v) is 7.85. The van der Waals surface area contributed by atoms with Gasteiger partial charge in [-0.05, 0) is 42.5 Å². The number of halogens is 1. The van der Waals surface area contributed by atoms with E-state index in [1.54, 1.807) is 0 Å². The summed E-state index contributed by atoms with van der Waals surface area (Å²) in [4.78, 5) is 5.36. The van der Waals surface area contributed by atoms with E-state index < -0.39 is 0 Å². The van der Waals surface area contributed by atoms with Gasteiger partial charge in [-0.25, -0.2) is 4.68 Å². The summed E-state index contributed by atoms with van der Waals surface area (Å²) in [5, 5.41) is 12.8. The van der Waals surface area contributed by atoms with E-state index in [4.69, 9.17) is 0 Å². The van der Waals surface area contributed by atoms with Crippen molar-refractivity contribution in [1.82, 2.24) is 30.0 Å². The minimum absolute atomic E-state index is 0. The third-order valence-electron chi connectivity index (χ3n) is 6.50. The molecule has 25 heavy (non-hydrogen) atoms. The molecule has 0 bridgehead atoms. The topological polar surface area (TPSA) is 50.1 Å². The van der Waals surface area contributed by atoms with Crippen molar-refractivity contribution in [2.24, 2.45) is 0 Å². The first kappa shape index (κ1) is 19.1. The predicted octanol–water partition coefficient (Wildman–Crippen LogP) is 3.22. The van der Waals surface area contributed by atoms with Crippen LogP contribution in [-0.4, -0.2) is 62.2 Å². The molecule has 0 spiro atoms. The van der Waals surface area contributed by atoms with Crippen molar-refractivity contribution in [3.8, 4) is 0 Å². The standard InChI is InChI=1S/C18H32N6.ClH/c1-2-17(18-19-20-21-24(18)16-9-5-6-10-16)23-13-11-22(12-14-23)15-7-3-4-8-15;/h15-17H,2-14H2,1H3;1H. The molecule has 4 rings (SSSR count). The molecule has 2 saturated carbocycles. The van der Waals surface area contributed by atoms with Crippen LogP contribution in [0.1, 0.15) is 82.6 Å². The molecule has 0 aromatic carbocycles. The quantitative estimate of drug-likeness (QED) is 0.798. The highest BCUT2D eigenvalue weighted by Crippen LogP contribution is 2.33. The second-order valence-electron chi connectivity index (χ2n) is 7.85. The molecule has 2 heterocycles. The van der Waals surface area contributed by atoms with E-state index in [1.807, 2.05) is 0 Å². The van der Waals surface area contributed by atoms with Crippen molar-refractivity contribution in [1.29, 1.82) is 0 Å². The summed E-state index contributed by atoms with van der Waals surface area (Å²) in [6, 6.07) is 1.77. The molecule has 1 aliphatic heterocycles. The molecule has 1 atom stereocenters. The van der Waals surface area contributed by atoms with Gasteiger partial charge < -0.3 is 0 Å². The predicted molar refractivity (Wildman–Crippen MR) is 101 cm³/mol. The van der Waals surface area contributed by atoms with Gasteiger partial charge in [-0.1, -0.05) is 32.6 Å². The summed E-state index contributed by atoms with van der Waals surface area (Å²) in [5.41, 5.74) is 0. The Hall–Kier alpha value is -0.720. The Morgan fingerprint density at radius 2 is 1.52 bits per heavy atom. The van der Waals surface area contributed by atoms with Gasteiger partial charge in [0.15, 0.2) is 5.82 Å². The largest absolute Gasteiger partial charge is 0.298 e. The van der Waals surface area contributed by atoms with E-state index in [2.05, 4.69) is 36.9 Å². The molecule has 2 aliphatic carbocycles. The Balaban J connectivity index is 0.00000182. The van der Waals surface area contributed by atoms with Gasteiger partial charge in [0, 0.05) is 32.2 Å². The van der Waals surface area contributed by atoms with Crippen LogP contribution in [0.3, 0.4) is 0 Å². The number of hydrogen-bond donors (Lipinski definition) is 0. The van der Waals surface area contributed by atoms with Gasteiger partial charge >= 0.3 is 0 Å². The molecule has 1 aromatic heterocycles. The van der Waals surface area contributed by atoms with Crippen LogP contribution in [0.25, 0.3) is 0 Å². The van der Waals surface area contributed by atoms with Crippen LogP contribution in [0.15, 0.2) is 0 Å². The first-order chi connectivity index (χ1) is 11.9. The fraction of sp³-hybridized carbons (Fsp3) is 0.944. The zero-order valence-corrected chi connectivity index (χ0v) is 16.3. The van der Waals surface area contributed by atoms with Crippen molar-refractivity contribution in [3.63, 3.8) is 0 Å². The van der Waals surface area contributed by atoms with Crippen molar-refractivity contribution in [2.75, 3.05) is 26.2 Å². The highest BCUT2D eigenvalue weighted by Gasteiger charge is 2.32. The van der Waals surface area contributed by atoms with E-state index in [0.29, 0.717) is 12.1 Å². The van der Waals surface area contributed by atoms with Gasteiger partial charge in [0.2, 0.25) is 0 Å². The second kappa shape index (κ2) is 8.78. The summed E-state index contributed by atoms with van der Waals surface area (Å²) < 4.78 is 2.16. The average Bonchev–Trinajstić information content (AvgIpc) is 3.37. The summed E-state index contributed by atoms with van der Waals surface area (Å²) in [6.07, 6.45) is 11.9. The van der Waals surface area contributed by atoms with Crippen molar-refractivity contribution >= 4 is 12.4 Å². The van der Waals surface area contributed by atoms with Gasteiger partial charge in [0.05, 0.1) is 12.1 Å². The van der Waals surface area contributed by atoms with Gasteiger partial charge in [-0.3, -0.25) is 9.80 Å². The summed E-state index contributed by atoms with van der Waals surface area (Å²) in [6.45, 7) is 7.03. The van der Waals surface area contributed by atoms with Gasteiger partial charge in [-0.15, -0.1) is 17.5 Å². The van der Waals surface area contributed by atoms with Crippen molar-refractivity contribution < 1.29 is 0 Å². The highest BCUT2D eigenvalue weighted by atomic mass is 35.5. The Morgan fingerprint density at radius 1 is 0.920 bits per heavy atom. The molecule has 1 saturated heterocycles. The molecule has 142 valence electrons. The lowest BCUT2D eigenvalue weighted by Crippen LogP contribution is -2.50. The van der Waals surface area contributed by atoms with Gasteiger partial charge in [0.1, 0.15) is 0 Å². The maximum absolute atomic E-state index is 4.45. The number of aromatic nitrogens is 4. The van der Waals surface area contributed by atoms with E-state index in [0.717, 1.165) is 31.4 Å². The molecule has 3 aliphatic rings. The van der Waals surface area contributed by atoms with E-state index in [1.165, 1.54) is 64.5 Å². The van der Waals surface area contributed by atoms with E-state index in [-0.39, 0.29) is 12.4 Å². The van der Waals surface area contributed by atoms with Crippen LogP contribution in [-0.2, 0) is 0 Å². The smallest absolute Gasteiger partial charge is 0.168 e. The van der Waals surface area contributed by atoms with Crippen LogP contribution in [0, 0.1) is 0 Å². The SMILES string of the molecule is CCC(c1nnnn1C1CCCC1)N1CCN(C2CCCC2)CC1.Cl. The molecule has 3 fully saturated rings. The molecule has 1 aromatic rings. The zero-order chi connectivity index (χ0) is 16.4. The molecule has 1 unspecified atom stereocenters. The number of tetrazole rings is 1. The third kappa shape index (κ3) is 4.01. The fourth-order valence-electron chi connectivity index (χ4n) is 5.12. The first-order valence-corrected chi connectivity index (χ1v) is 10.1. The lowest BCUT2D eigenvalue weighted by Gasteiger charge is -2.41. The number of hydrogen-bond acceptors (Lipinski definition) is 5. The van der Waals surface area contributed by atoms with Crippen LogP contribution in [0.4, 0.5) is 0 Å². The molecule has 0 radical (unpaired) electrons. The summed E-state index contributed by atoms with van der Waals surface area (Å²) in [5.74, 6) is 1.11. The lowest BCUT2D eigenvalue weighted by molar-refractivity contribution is 0.0638. The molecule has 0 N–H and O–H groups in total. The maximum atomic E-state index is 4.45. The Kier molecular flexibility index (Phi) is 6.69.